The number of Topliss-reactive ketones (excluding diaryl/α,β-unsaturated/α-hetero) is 1. The molecule has 2 N–H and O–H groups in total. The summed E-state index contributed by atoms with van der Waals surface area (Å²) < 4.78 is 11.1. The maximum Gasteiger partial charge on any atom is 0.258 e. The molecule has 0 aliphatic heterocycles. The number of nitrogens with one attached hydrogen (secondary N) is 2. The molecule has 1 atom stereocenters. The van der Waals surface area contributed by atoms with E-state index in [1.54, 1.807) is 36.3 Å². The van der Waals surface area contributed by atoms with Gasteiger partial charge in [-0.2, -0.15) is 0 Å². The molecule has 4 rings (SSSR count). The molecular formula is C31H35N3O5. The Morgan fingerprint density at radius 2 is 1.67 bits per heavy atom. The van der Waals surface area contributed by atoms with Crippen molar-refractivity contribution < 1.29 is 25.3 Å². The second-order valence-electron chi connectivity index (χ2n) is 9.41. The van der Waals surface area contributed by atoms with Crippen LogP contribution in [-0.2, 0) is 22.6 Å². The minimum Gasteiger partial charge on any atom is -0.496 e. The summed E-state index contributed by atoms with van der Waals surface area (Å²) in [7, 11) is 1.60. The van der Waals surface area contributed by atoms with Gasteiger partial charge in [-0.1, -0.05) is 36.4 Å². The first-order chi connectivity index (χ1) is 18.8. The Kier molecular flexibility index (Phi) is 8.99. The zero-order valence-corrected chi connectivity index (χ0v) is 22.4. The van der Waals surface area contributed by atoms with Gasteiger partial charge in [-0.3, -0.25) is 14.4 Å². The summed E-state index contributed by atoms with van der Waals surface area (Å²) in [5.74, 6) is 0.731. The van der Waals surface area contributed by atoms with Gasteiger partial charge in [0.1, 0.15) is 11.5 Å². The van der Waals surface area contributed by atoms with Crippen molar-refractivity contribution in [2.75, 3.05) is 20.3 Å². The highest BCUT2D eigenvalue weighted by atomic mass is 16.5. The number of hydrogen-bond acceptors (Lipinski definition) is 5. The lowest BCUT2D eigenvalue weighted by atomic mass is 10.0. The first-order valence-corrected chi connectivity index (χ1v) is 12.8. The van der Waals surface area contributed by atoms with Crippen molar-refractivity contribution in [3.63, 3.8) is 0 Å². The lowest BCUT2D eigenvalue weighted by molar-refractivity contribution is -0.131. The third kappa shape index (κ3) is 7.25. The number of hydrogen-bond donors (Lipinski definition) is 2. The standard InChI is InChI=1S/C31H33N3O5.H2/c1-21(35)23-12-14-27(15-13-23)39-20-31(37)33-26(16-25-17-32-29-10-6-5-9-28(25)29)19-34(22(2)36)18-24-8-4-7-11-30(24)38-3;/h4-15,17,26,32H,16,18-20H2,1-3H3,(H,33,37);1H. The Balaban J connectivity index is 0.00000441. The van der Waals surface area contributed by atoms with Gasteiger partial charge in [-0.15, -0.1) is 0 Å². The van der Waals surface area contributed by atoms with Crippen LogP contribution in [0.25, 0.3) is 10.9 Å². The highest BCUT2D eigenvalue weighted by molar-refractivity contribution is 5.94. The quantitative estimate of drug-likeness (QED) is 0.257. The van der Waals surface area contributed by atoms with Gasteiger partial charge in [0.2, 0.25) is 5.91 Å². The number of H-pyrrole nitrogens is 1. The second-order valence-corrected chi connectivity index (χ2v) is 9.41. The largest absolute Gasteiger partial charge is 0.496 e. The average Bonchev–Trinajstić information content (AvgIpc) is 3.34. The van der Waals surface area contributed by atoms with E-state index in [-0.39, 0.29) is 31.7 Å². The molecule has 0 aliphatic carbocycles. The number of ketones is 1. The number of methoxy groups -OCH3 is 1. The summed E-state index contributed by atoms with van der Waals surface area (Å²) >= 11 is 0. The Morgan fingerprint density at radius 1 is 0.949 bits per heavy atom. The van der Waals surface area contributed by atoms with Crippen molar-refractivity contribution in [3.8, 4) is 11.5 Å². The Labute approximate surface area is 229 Å². The molecule has 0 saturated heterocycles. The van der Waals surface area contributed by atoms with E-state index in [4.69, 9.17) is 9.47 Å². The van der Waals surface area contributed by atoms with Gasteiger partial charge in [0.05, 0.1) is 13.2 Å². The SMILES string of the molecule is COc1ccccc1CN(CC(Cc1c[nH]c2ccccc12)NC(=O)COc1ccc(C(C)=O)cc1)C(C)=O.[HH]. The minimum absolute atomic E-state index is 0. The fourth-order valence-corrected chi connectivity index (χ4v) is 4.54. The first kappa shape index (κ1) is 27.4. The Bertz CT molecular complexity index is 1450. The number of fused-ring (bicyclic) bond motifs is 1. The molecule has 1 heterocycles. The van der Waals surface area contributed by atoms with Crippen molar-refractivity contribution in [2.24, 2.45) is 0 Å². The maximum absolute atomic E-state index is 13.0. The predicted octanol–water partition coefficient (Wildman–Crippen LogP) is 4.78. The lowest BCUT2D eigenvalue weighted by Gasteiger charge is -2.28. The van der Waals surface area contributed by atoms with E-state index in [9.17, 15) is 14.4 Å². The van der Waals surface area contributed by atoms with E-state index in [1.165, 1.54) is 13.8 Å². The number of carbonyl (C=O) groups is 3. The summed E-state index contributed by atoms with van der Waals surface area (Å²) in [5.41, 5.74) is 3.50. The summed E-state index contributed by atoms with van der Waals surface area (Å²) in [6, 6.07) is 21.8. The van der Waals surface area contributed by atoms with Crippen LogP contribution in [0.3, 0.4) is 0 Å². The molecule has 8 nitrogen and oxygen atoms in total. The molecule has 3 aromatic carbocycles. The molecule has 4 aromatic rings. The number of aromatic amines is 1. The normalized spacial score (nSPS) is 11.6. The van der Waals surface area contributed by atoms with Gasteiger partial charge in [-0.25, -0.2) is 0 Å². The van der Waals surface area contributed by atoms with Crippen LogP contribution in [0.15, 0.2) is 79.0 Å². The van der Waals surface area contributed by atoms with Gasteiger partial charge >= 0.3 is 0 Å². The topological polar surface area (TPSA) is 101 Å². The van der Waals surface area contributed by atoms with E-state index in [2.05, 4.69) is 10.3 Å². The molecule has 0 spiro atoms. The molecule has 1 aromatic heterocycles. The van der Waals surface area contributed by atoms with Crippen LogP contribution in [0.5, 0.6) is 11.5 Å². The fourth-order valence-electron chi connectivity index (χ4n) is 4.54. The highest BCUT2D eigenvalue weighted by Gasteiger charge is 2.22. The van der Waals surface area contributed by atoms with E-state index in [0.717, 1.165) is 22.0 Å². The fraction of sp³-hybridized carbons (Fsp3) is 0.258. The smallest absolute Gasteiger partial charge is 0.258 e. The number of para-hydroxylation sites is 2. The van der Waals surface area contributed by atoms with Crippen LogP contribution in [0.1, 0.15) is 36.8 Å². The third-order valence-corrected chi connectivity index (χ3v) is 6.58. The van der Waals surface area contributed by atoms with Crippen molar-refractivity contribution in [1.29, 1.82) is 0 Å². The van der Waals surface area contributed by atoms with Gasteiger partial charge in [0.15, 0.2) is 12.4 Å². The number of aromatic nitrogens is 1. The summed E-state index contributed by atoms with van der Waals surface area (Å²) in [6.07, 6.45) is 2.45. The van der Waals surface area contributed by atoms with Crippen LogP contribution in [0.4, 0.5) is 0 Å². The number of carbonyl (C=O) groups excluding carboxylic acids is 3. The van der Waals surface area contributed by atoms with Gasteiger partial charge in [-0.05, 0) is 55.3 Å². The maximum atomic E-state index is 13.0. The summed E-state index contributed by atoms with van der Waals surface area (Å²) in [4.78, 5) is 42.2. The zero-order valence-electron chi connectivity index (χ0n) is 22.4. The van der Waals surface area contributed by atoms with E-state index in [0.29, 0.717) is 36.6 Å². The first-order valence-electron chi connectivity index (χ1n) is 12.8. The number of rotatable bonds is 12. The Morgan fingerprint density at radius 3 is 2.38 bits per heavy atom. The molecule has 0 radical (unpaired) electrons. The average molecular weight is 530 g/mol. The molecule has 0 bridgehead atoms. The predicted molar refractivity (Wildman–Crippen MR) is 152 cm³/mol. The van der Waals surface area contributed by atoms with Crippen molar-refractivity contribution in [3.05, 3.63) is 95.7 Å². The highest BCUT2D eigenvalue weighted by Crippen LogP contribution is 2.22. The monoisotopic (exact) mass is 529 g/mol. The second kappa shape index (κ2) is 12.8. The molecule has 0 saturated carbocycles. The molecule has 39 heavy (non-hydrogen) atoms. The van der Waals surface area contributed by atoms with Crippen LogP contribution in [0.2, 0.25) is 0 Å². The van der Waals surface area contributed by atoms with Crippen LogP contribution < -0.4 is 14.8 Å². The molecule has 0 fully saturated rings. The van der Waals surface area contributed by atoms with Crippen LogP contribution in [0, 0.1) is 0 Å². The third-order valence-electron chi connectivity index (χ3n) is 6.58. The van der Waals surface area contributed by atoms with Crippen molar-refractivity contribution in [2.45, 2.75) is 32.9 Å². The lowest BCUT2D eigenvalue weighted by Crippen LogP contribution is -2.47. The van der Waals surface area contributed by atoms with Crippen molar-refractivity contribution >= 4 is 28.5 Å². The number of nitrogens with zero attached hydrogens (tertiary/aromatic N) is 1. The van der Waals surface area contributed by atoms with E-state index >= 15 is 0 Å². The Hall–Kier alpha value is -4.59. The molecule has 204 valence electrons. The summed E-state index contributed by atoms with van der Waals surface area (Å²) in [6.45, 7) is 3.46. The number of benzene rings is 3. The van der Waals surface area contributed by atoms with Gasteiger partial charge in [0.25, 0.3) is 5.91 Å². The number of amides is 2. The molecular weight excluding hydrogens is 494 g/mol. The number of ether oxygens (including phenoxy) is 2. The van der Waals surface area contributed by atoms with E-state index in [1.807, 2.05) is 54.7 Å². The van der Waals surface area contributed by atoms with Gasteiger partial charge < -0.3 is 24.7 Å². The zero-order chi connectivity index (χ0) is 27.8. The molecule has 8 heteroatoms. The molecule has 2 amide bonds. The van der Waals surface area contributed by atoms with Crippen molar-refractivity contribution in [1.82, 2.24) is 15.2 Å². The van der Waals surface area contributed by atoms with Crippen LogP contribution in [-0.4, -0.2) is 53.8 Å². The summed E-state index contributed by atoms with van der Waals surface area (Å²) in [5, 5.41) is 4.13. The van der Waals surface area contributed by atoms with Gasteiger partial charge in [0, 0.05) is 49.7 Å². The minimum atomic E-state index is -0.376. The van der Waals surface area contributed by atoms with Crippen LogP contribution >= 0.6 is 0 Å². The molecule has 0 aliphatic rings. The molecule has 1 unspecified atom stereocenters. The van der Waals surface area contributed by atoms with E-state index < -0.39 is 0 Å².